The number of sulfone groups is 1. The summed E-state index contributed by atoms with van der Waals surface area (Å²) in [5.74, 6) is 0.805. The third kappa shape index (κ3) is 9.29. The molecule has 1 aromatic heterocycles. The lowest BCUT2D eigenvalue weighted by Gasteiger charge is -2.32. The first-order chi connectivity index (χ1) is 21.5. The molecule has 0 aliphatic carbocycles. The van der Waals surface area contributed by atoms with Crippen molar-refractivity contribution in [2.75, 3.05) is 63.2 Å². The van der Waals surface area contributed by atoms with Crippen LogP contribution in [0.3, 0.4) is 0 Å². The second kappa shape index (κ2) is 15.7. The molecule has 0 spiro atoms. The minimum absolute atomic E-state index is 0.0220. The van der Waals surface area contributed by atoms with Gasteiger partial charge in [0.05, 0.1) is 34.3 Å². The number of nitrogens with one attached hydrogen (secondary N) is 3. The first-order valence-corrected chi connectivity index (χ1v) is 17.4. The van der Waals surface area contributed by atoms with E-state index < -0.39 is 9.84 Å². The molecule has 3 aromatic rings. The lowest BCUT2D eigenvalue weighted by molar-refractivity contribution is 0.0962. The highest BCUT2D eigenvalue weighted by atomic mass is 35.5. The van der Waals surface area contributed by atoms with Crippen molar-refractivity contribution in [3.8, 4) is 5.75 Å². The minimum Gasteiger partial charge on any atom is -0.489 e. The zero-order valence-corrected chi connectivity index (χ0v) is 28.3. The molecule has 244 valence electrons. The predicted molar refractivity (Wildman–Crippen MR) is 180 cm³/mol. The van der Waals surface area contributed by atoms with Gasteiger partial charge in [-0.2, -0.15) is 4.98 Å². The summed E-state index contributed by atoms with van der Waals surface area (Å²) >= 11 is 6.45. The molecule has 0 radical (unpaired) electrons. The van der Waals surface area contributed by atoms with Crippen LogP contribution in [-0.4, -0.2) is 92.8 Å². The number of para-hydroxylation sites is 1. The highest BCUT2D eigenvalue weighted by Crippen LogP contribution is 2.34. The van der Waals surface area contributed by atoms with Gasteiger partial charge in [-0.1, -0.05) is 30.7 Å². The van der Waals surface area contributed by atoms with Gasteiger partial charge in [0, 0.05) is 38.8 Å². The maximum absolute atomic E-state index is 13.0. The summed E-state index contributed by atoms with van der Waals surface area (Å²) in [6, 6.07) is 10.3. The summed E-state index contributed by atoms with van der Waals surface area (Å²) in [4.78, 5) is 26.9. The lowest BCUT2D eigenvalue weighted by atomic mass is 10.00. The number of halogens is 1. The Morgan fingerprint density at radius 1 is 1.09 bits per heavy atom. The van der Waals surface area contributed by atoms with Gasteiger partial charge in [-0.15, -0.1) is 0 Å². The van der Waals surface area contributed by atoms with Crippen molar-refractivity contribution in [1.29, 1.82) is 0 Å². The molecule has 1 amide bonds. The fraction of sp³-hybridized carbons (Fsp3) is 0.469. The van der Waals surface area contributed by atoms with Crippen molar-refractivity contribution in [1.82, 2.24) is 25.1 Å². The molecule has 1 saturated heterocycles. The van der Waals surface area contributed by atoms with Crippen LogP contribution in [0.15, 0.2) is 47.5 Å². The second-order valence-corrected chi connectivity index (χ2v) is 13.9. The zero-order valence-electron chi connectivity index (χ0n) is 26.7. The van der Waals surface area contributed by atoms with Gasteiger partial charge in [-0.3, -0.25) is 4.79 Å². The molecule has 0 atom stereocenters. The molecule has 1 aliphatic rings. The van der Waals surface area contributed by atoms with E-state index in [0.29, 0.717) is 29.1 Å². The number of hydrogen-bond acceptors (Lipinski definition) is 10. The third-order valence-electron chi connectivity index (χ3n) is 7.49. The van der Waals surface area contributed by atoms with Crippen molar-refractivity contribution in [2.45, 2.75) is 51.0 Å². The van der Waals surface area contributed by atoms with E-state index in [2.05, 4.69) is 42.8 Å². The van der Waals surface area contributed by atoms with Crippen LogP contribution in [-0.2, 0) is 16.3 Å². The summed E-state index contributed by atoms with van der Waals surface area (Å²) in [6.07, 6.45) is 3.42. The number of aryl methyl sites for hydroxylation is 1. The number of nitrogens with zero attached hydrogens (tertiary/aromatic N) is 4. The lowest BCUT2D eigenvalue weighted by Crippen LogP contribution is -2.44. The quantitative estimate of drug-likeness (QED) is 0.215. The molecule has 3 N–H and O–H groups in total. The van der Waals surface area contributed by atoms with Gasteiger partial charge >= 0.3 is 0 Å². The number of carbonyl (C=O) groups is 1. The molecule has 13 heteroatoms. The van der Waals surface area contributed by atoms with E-state index in [-0.39, 0.29) is 39.4 Å². The van der Waals surface area contributed by atoms with Crippen LogP contribution in [0.25, 0.3) is 0 Å². The Balaban J connectivity index is 1.62. The number of amides is 1. The van der Waals surface area contributed by atoms with Crippen LogP contribution >= 0.6 is 11.6 Å². The normalized spacial score (nSPS) is 14.4. The van der Waals surface area contributed by atoms with E-state index in [1.165, 1.54) is 6.20 Å². The Kier molecular flexibility index (Phi) is 12.0. The third-order valence-corrected chi connectivity index (χ3v) is 9.74. The molecule has 1 fully saturated rings. The maximum atomic E-state index is 13.0. The van der Waals surface area contributed by atoms with Crippen LogP contribution in [0.2, 0.25) is 5.02 Å². The Morgan fingerprint density at radius 2 is 1.82 bits per heavy atom. The van der Waals surface area contributed by atoms with Crippen molar-refractivity contribution < 1.29 is 17.9 Å². The van der Waals surface area contributed by atoms with Gasteiger partial charge in [0.2, 0.25) is 5.95 Å². The van der Waals surface area contributed by atoms with Crippen LogP contribution in [0.4, 0.5) is 23.1 Å². The smallest absolute Gasteiger partial charge is 0.251 e. The molecular weight excluding hydrogens is 614 g/mol. The Morgan fingerprint density at radius 3 is 2.51 bits per heavy atom. The number of hydrogen-bond donors (Lipinski definition) is 3. The van der Waals surface area contributed by atoms with E-state index in [9.17, 15) is 13.2 Å². The highest BCUT2D eigenvalue weighted by molar-refractivity contribution is 7.91. The molecule has 0 unspecified atom stereocenters. The molecule has 0 saturated carbocycles. The van der Waals surface area contributed by atoms with Gasteiger partial charge in [-0.05, 0) is 76.5 Å². The first kappa shape index (κ1) is 34.4. The van der Waals surface area contributed by atoms with Crippen molar-refractivity contribution in [2.24, 2.45) is 0 Å². The number of carbonyl (C=O) groups excluding carboxylic acids is 1. The van der Waals surface area contributed by atoms with E-state index in [1.54, 1.807) is 37.4 Å². The zero-order chi connectivity index (χ0) is 32.6. The van der Waals surface area contributed by atoms with Crippen molar-refractivity contribution >= 4 is 50.5 Å². The fourth-order valence-electron chi connectivity index (χ4n) is 5.17. The van der Waals surface area contributed by atoms with Gasteiger partial charge < -0.3 is 30.5 Å². The van der Waals surface area contributed by atoms with Gasteiger partial charge in [0.1, 0.15) is 10.8 Å². The monoisotopic (exact) mass is 657 g/mol. The van der Waals surface area contributed by atoms with Gasteiger partial charge in [0.15, 0.2) is 15.7 Å². The number of anilines is 4. The second-order valence-electron chi connectivity index (χ2n) is 11.5. The summed E-state index contributed by atoms with van der Waals surface area (Å²) in [5.41, 5.74) is 2.32. The van der Waals surface area contributed by atoms with E-state index in [1.807, 2.05) is 26.8 Å². The minimum atomic E-state index is -3.51. The number of likely N-dealkylation sites (N-methyl/N-ethyl adjacent to an activating group) is 1. The number of aromatic nitrogens is 2. The molecule has 11 nitrogen and oxygen atoms in total. The number of piperazine rings is 1. The summed E-state index contributed by atoms with van der Waals surface area (Å²) in [7, 11) is 0.248. The van der Waals surface area contributed by atoms with Crippen LogP contribution in [0.1, 0.15) is 49.5 Å². The number of benzene rings is 2. The standard InChI is InChI=1S/C32H44ClN7O4S/c1-6-18-45(42,43)29-12-8-7-11-26(29)36-30-25(33)21-35-32(38-30)37-27-20-24(31(41)34-4)23(19-28(27)44-22(2)3)10-9-13-40-16-14-39(5)15-17-40/h7-8,11-12,19-22H,6,9-10,13-18H2,1-5H3,(H,34,41)(H2,35,36,37,38). The van der Waals surface area contributed by atoms with E-state index in [4.69, 9.17) is 16.3 Å². The van der Waals surface area contributed by atoms with Crippen LogP contribution in [0, 0.1) is 0 Å². The molecule has 4 rings (SSSR count). The van der Waals surface area contributed by atoms with Gasteiger partial charge in [0.25, 0.3) is 5.91 Å². The summed E-state index contributed by atoms with van der Waals surface area (Å²) in [5, 5.41) is 9.24. The van der Waals surface area contributed by atoms with E-state index in [0.717, 1.165) is 51.1 Å². The molecular formula is C32H44ClN7O4S. The topological polar surface area (TPSA) is 129 Å². The van der Waals surface area contributed by atoms with Crippen LogP contribution in [0.5, 0.6) is 5.75 Å². The highest BCUT2D eigenvalue weighted by Gasteiger charge is 2.21. The SMILES string of the molecule is CCCS(=O)(=O)c1ccccc1Nc1nc(Nc2cc(C(=O)NC)c(CCCN3CCN(C)CC3)cc2OC(C)C)ncc1Cl. The molecule has 2 heterocycles. The Bertz CT molecular complexity index is 1580. The maximum Gasteiger partial charge on any atom is 0.251 e. The Labute approximate surface area is 271 Å². The first-order valence-electron chi connectivity index (χ1n) is 15.4. The number of ether oxygens (including phenoxy) is 1. The summed E-state index contributed by atoms with van der Waals surface area (Å²) < 4.78 is 32.0. The fourth-order valence-corrected chi connectivity index (χ4v) is 6.81. The molecule has 1 aliphatic heterocycles. The average Bonchev–Trinajstić information content (AvgIpc) is 3.00. The Hall–Kier alpha value is -3.45. The molecule has 0 bridgehead atoms. The summed E-state index contributed by atoms with van der Waals surface area (Å²) in [6.45, 7) is 10.9. The van der Waals surface area contributed by atoms with Crippen LogP contribution < -0.4 is 20.7 Å². The van der Waals surface area contributed by atoms with E-state index >= 15 is 0 Å². The predicted octanol–water partition coefficient (Wildman–Crippen LogP) is 5.13. The van der Waals surface area contributed by atoms with Gasteiger partial charge in [-0.25, -0.2) is 13.4 Å². The largest absolute Gasteiger partial charge is 0.489 e. The number of rotatable bonds is 14. The van der Waals surface area contributed by atoms with Crippen molar-refractivity contribution in [3.05, 3.63) is 58.7 Å². The molecule has 2 aromatic carbocycles. The molecule has 45 heavy (non-hydrogen) atoms. The average molecular weight is 658 g/mol. The van der Waals surface area contributed by atoms with Crippen molar-refractivity contribution in [3.63, 3.8) is 0 Å².